The molecule has 4 rings (SSSR count). The fourth-order valence-electron chi connectivity index (χ4n) is 3.69. The Labute approximate surface area is 169 Å². The van der Waals surface area contributed by atoms with Gasteiger partial charge < -0.3 is 14.4 Å². The second kappa shape index (κ2) is 8.57. The van der Waals surface area contributed by atoms with E-state index < -0.39 is 0 Å². The third-order valence-electron chi connectivity index (χ3n) is 5.34. The van der Waals surface area contributed by atoms with Crippen LogP contribution in [0.2, 0.25) is 0 Å². The molecule has 1 fully saturated rings. The molecule has 0 radical (unpaired) electrons. The first-order valence-electron chi connectivity index (χ1n) is 10.1. The molecule has 1 amide bonds. The van der Waals surface area contributed by atoms with Gasteiger partial charge in [0.15, 0.2) is 0 Å². The second-order valence-electron chi connectivity index (χ2n) is 7.70. The molecular weight excluding hydrogens is 374 g/mol. The summed E-state index contributed by atoms with van der Waals surface area (Å²) in [4.78, 5) is 24.0. The second-order valence-corrected chi connectivity index (χ2v) is 8.48. The zero-order valence-corrected chi connectivity index (χ0v) is 17.3. The Morgan fingerprint density at radius 1 is 1.25 bits per heavy atom. The van der Waals surface area contributed by atoms with Crippen molar-refractivity contribution in [1.82, 2.24) is 14.9 Å². The van der Waals surface area contributed by atoms with E-state index in [4.69, 9.17) is 19.4 Å². The predicted octanol–water partition coefficient (Wildman–Crippen LogP) is 3.46. The molecule has 4 heterocycles. The summed E-state index contributed by atoms with van der Waals surface area (Å²) >= 11 is 1.56. The van der Waals surface area contributed by atoms with E-state index in [2.05, 4.69) is 13.8 Å². The van der Waals surface area contributed by atoms with E-state index in [0.29, 0.717) is 26.3 Å². The number of nitrogens with zero attached hydrogens (tertiary/aromatic N) is 3. The van der Waals surface area contributed by atoms with Gasteiger partial charge in [0, 0.05) is 55.6 Å². The highest BCUT2D eigenvalue weighted by Gasteiger charge is 2.27. The molecule has 0 spiro atoms. The Balaban J connectivity index is 1.46. The number of carbonyl (C=O) groups excluding carboxylic acids is 1. The maximum absolute atomic E-state index is 12.5. The minimum Gasteiger partial charge on any atom is -0.474 e. The van der Waals surface area contributed by atoms with Crippen molar-refractivity contribution in [3.05, 3.63) is 39.5 Å². The highest BCUT2D eigenvalue weighted by atomic mass is 32.1. The van der Waals surface area contributed by atoms with Crippen molar-refractivity contribution in [3.63, 3.8) is 0 Å². The standard InChI is InChI=1S/C21H27N3O3S/c1-14(2)19-22-18-6-11-26-10-5-17(18)20(23-19)27-16-3-8-24(9-4-16)21(25)15-7-12-28-13-15/h7,12-14,16H,3-6,8-11H2,1-2H3. The van der Waals surface area contributed by atoms with Crippen molar-refractivity contribution in [2.75, 3.05) is 26.3 Å². The van der Waals surface area contributed by atoms with E-state index in [0.717, 1.165) is 54.2 Å². The summed E-state index contributed by atoms with van der Waals surface area (Å²) in [6, 6.07) is 1.89. The number of rotatable bonds is 4. The van der Waals surface area contributed by atoms with Crippen molar-refractivity contribution >= 4 is 17.2 Å². The van der Waals surface area contributed by atoms with Gasteiger partial charge in [-0.1, -0.05) is 13.8 Å². The summed E-state index contributed by atoms with van der Waals surface area (Å²) in [5.74, 6) is 1.93. The monoisotopic (exact) mass is 401 g/mol. The van der Waals surface area contributed by atoms with Crippen molar-refractivity contribution in [3.8, 4) is 5.88 Å². The minimum absolute atomic E-state index is 0.0784. The average Bonchev–Trinajstić information content (AvgIpc) is 3.13. The lowest BCUT2D eigenvalue weighted by Crippen LogP contribution is -2.41. The van der Waals surface area contributed by atoms with Crippen molar-refractivity contribution in [2.24, 2.45) is 0 Å². The first-order chi connectivity index (χ1) is 13.6. The van der Waals surface area contributed by atoms with Crippen LogP contribution in [-0.2, 0) is 17.6 Å². The highest BCUT2D eigenvalue weighted by Crippen LogP contribution is 2.28. The third kappa shape index (κ3) is 4.20. The smallest absolute Gasteiger partial charge is 0.254 e. The van der Waals surface area contributed by atoms with Gasteiger partial charge in [-0.3, -0.25) is 4.79 Å². The van der Waals surface area contributed by atoms with E-state index in [1.54, 1.807) is 11.3 Å². The minimum atomic E-state index is 0.0784. The maximum Gasteiger partial charge on any atom is 0.254 e. The summed E-state index contributed by atoms with van der Waals surface area (Å²) in [5, 5.41) is 3.86. The van der Waals surface area contributed by atoms with Gasteiger partial charge in [-0.15, -0.1) is 0 Å². The fourth-order valence-corrected chi connectivity index (χ4v) is 4.32. The van der Waals surface area contributed by atoms with Crippen LogP contribution in [0.3, 0.4) is 0 Å². The molecule has 150 valence electrons. The first kappa shape index (κ1) is 19.3. The van der Waals surface area contributed by atoms with Crippen LogP contribution in [0.4, 0.5) is 0 Å². The third-order valence-corrected chi connectivity index (χ3v) is 6.03. The molecule has 2 aromatic heterocycles. The molecule has 6 nitrogen and oxygen atoms in total. The SMILES string of the molecule is CC(C)c1nc2c(c(OC3CCN(C(=O)c4ccsc4)CC3)n1)CCOCC2. The topological polar surface area (TPSA) is 64.5 Å². The summed E-state index contributed by atoms with van der Waals surface area (Å²) in [5.41, 5.74) is 2.95. The van der Waals surface area contributed by atoms with Crippen LogP contribution in [0.25, 0.3) is 0 Å². The lowest BCUT2D eigenvalue weighted by atomic mass is 10.1. The van der Waals surface area contributed by atoms with Crippen LogP contribution in [0, 0.1) is 0 Å². The number of hydrogen-bond donors (Lipinski definition) is 0. The molecule has 0 aliphatic carbocycles. The highest BCUT2D eigenvalue weighted by molar-refractivity contribution is 7.08. The van der Waals surface area contributed by atoms with Gasteiger partial charge in [-0.2, -0.15) is 16.3 Å². The molecule has 0 aromatic carbocycles. The molecule has 0 atom stereocenters. The largest absolute Gasteiger partial charge is 0.474 e. The van der Waals surface area contributed by atoms with Gasteiger partial charge in [0.05, 0.1) is 24.5 Å². The van der Waals surface area contributed by atoms with Gasteiger partial charge in [-0.05, 0) is 11.4 Å². The predicted molar refractivity (Wildman–Crippen MR) is 108 cm³/mol. The molecule has 0 N–H and O–H groups in total. The molecule has 2 aliphatic rings. The van der Waals surface area contributed by atoms with E-state index in [-0.39, 0.29) is 17.9 Å². The van der Waals surface area contributed by atoms with Crippen molar-refractivity contribution < 1.29 is 14.3 Å². The number of likely N-dealkylation sites (tertiary alicyclic amines) is 1. The van der Waals surface area contributed by atoms with Gasteiger partial charge in [0.2, 0.25) is 5.88 Å². The number of fused-ring (bicyclic) bond motifs is 1. The Hall–Kier alpha value is -1.99. The number of thiophene rings is 1. The summed E-state index contributed by atoms with van der Waals surface area (Å²) < 4.78 is 12.0. The number of amides is 1. The van der Waals surface area contributed by atoms with E-state index in [9.17, 15) is 4.79 Å². The number of aromatic nitrogens is 2. The molecule has 28 heavy (non-hydrogen) atoms. The quantitative estimate of drug-likeness (QED) is 0.785. The van der Waals surface area contributed by atoms with Crippen LogP contribution in [0.5, 0.6) is 5.88 Å². The zero-order chi connectivity index (χ0) is 19.5. The molecule has 0 unspecified atom stereocenters. The average molecular weight is 402 g/mol. The first-order valence-corrected chi connectivity index (χ1v) is 11.0. The Bertz CT molecular complexity index is 815. The Morgan fingerprint density at radius 2 is 2.04 bits per heavy atom. The number of ether oxygens (including phenoxy) is 2. The lowest BCUT2D eigenvalue weighted by molar-refractivity contribution is 0.0584. The molecule has 1 saturated heterocycles. The van der Waals surface area contributed by atoms with Crippen molar-refractivity contribution in [2.45, 2.75) is 51.6 Å². The lowest BCUT2D eigenvalue weighted by Gasteiger charge is -2.32. The van der Waals surface area contributed by atoms with Crippen LogP contribution in [-0.4, -0.2) is 53.2 Å². The number of hydrogen-bond acceptors (Lipinski definition) is 6. The van der Waals surface area contributed by atoms with Crippen LogP contribution in [0.1, 0.15) is 60.0 Å². The Morgan fingerprint density at radius 3 is 2.75 bits per heavy atom. The molecule has 0 saturated carbocycles. The normalized spacial score (nSPS) is 18.0. The molecule has 2 aliphatic heterocycles. The molecule has 2 aromatic rings. The summed E-state index contributed by atoms with van der Waals surface area (Å²) in [6.45, 7) is 7.02. The molecule has 7 heteroatoms. The van der Waals surface area contributed by atoms with Crippen LogP contribution < -0.4 is 4.74 Å². The Kier molecular flexibility index (Phi) is 5.92. The zero-order valence-electron chi connectivity index (χ0n) is 16.5. The van der Waals surface area contributed by atoms with Gasteiger partial charge in [0.1, 0.15) is 11.9 Å². The van der Waals surface area contributed by atoms with Gasteiger partial charge in [-0.25, -0.2) is 4.98 Å². The van der Waals surface area contributed by atoms with Crippen LogP contribution >= 0.6 is 11.3 Å². The van der Waals surface area contributed by atoms with E-state index >= 15 is 0 Å². The van der Waals surface area contributed by atoms with E-state index in [1.807, 2.05) is 21.7 Å². The number of piperidine rings is 1. The summed E-state index contributed by atoms with van der Waals surface area (Å²) in [6.07, 6.45) is 3.32. The van der Waals surface area contributed by atoms with E-state index in [1.165, 1.54) is 0 Å². The maximum atomic E-state index is 12.5. The molecular formula is C21H27N3O3S. The molecule has 0 bridgehead atoms. The van der Waals surface area contributed by atoms with Gasteiger partial charge in [0.25, 0.3) is 5.91 Å². The van der Waals surface area contributed by atoms with Gasteiger partial charge >= 0.3 is 0 Å². The fraction of sp³-hybridized carbons (Fsp3) is 0.571. The van der Waals surface area contributed by atoms with Crippen LogP contribution in [0.15, 0.2) is 16.8 Å². The van der Waals surface area contributed by atoms with Crippen molar-refractivity contribution in [1.29, 1.82) is 0 Å². The number of carbonyl (C=O) groups is 1. The summed E-state index contributed by atoms with van der Waals surface area (Å²) in [7, 11) is 0.